The first kappa shape index (κ1) is 31.3. The fourth-order valence-electron chi connectivity index (χ4n) is 5.70. The second-order valence-corrected chi connectivity index (χ2v) is 11.9. The number of fused-ring (bicyclic) bond motifs is 1. The summed E-state index contributed by atoms with van der Waals surface area (Å²) in [6, 6.07) is 17.5. The predicted octanol–water partition coefficient (Wildman–Crippen LogP) is 6.22. The third-order valence-corrected chi connectivity index (χ3v) is 8.61. The van der Waals surface area contributed by atoms with E-state index in [1.807, 2.05) is 12.1 Å². The number of halogens is 2. The minimum Gasteiger partial charge on any atom is -0.496 e. The summed E-state index contributed by atoms with van der Waals surface area (Å²) in [5.74, 6) is -0.253. The van der Waals surface area contributed by atoms with Crippen molar-refractivity contribution in [1.82, 2.24) is 9.80 Å². The maximum Gasteiger partial charge on any atom is 0.264 e. The molecule has 1 fully saturated rings. The summed E-state index contributed by atoms with van der Waals surface area (Å²) in [7, 11) is 3.67. The monoisotopic (exact) mass is 624 g/mol. The van der Waals surface area contributed by atoms with E-state index in [0.29, 0.717) is 45.6 Å². The predicted molar refractivity (Wildman–Crippen MR) is 172 cm³/mol. The van der Waals surface area contributed by atoms with Gasteiger partial charge in [0.05, 0.1) is 29.9 Å². The molecule has 5 rings (SSSR count). The Morgan fingerprint density at radius 3 is 2.60 bits per heavy atom. The van der Waals surface area contributed by atoms with Crippen LogP contribution in [0.4, 0.5) is 11.4 Å². The van der Waals surface area contributed by atoms with Crippen molar-refractivity contribution in [3.63, 3.8) is 0 Å². The van der Waals surface area contributed by atoms with Crippen LogP contribution in [0.3, 0.4) is 0 Å². The third-order valence-electron chi connectivity index (χ3n) is 8.04. The highest BCUT2D eigenvalue weighted by Crippen LogP contribution is 2.35. The number of carbonyl (C=O) groups is 2. The molecule has 0 spiro atoms. The lowest BCUT2D eigenvalue weighted by Crippen LogP contribution is -2.43. The van der Waals surface area contributed by atoms with Gasteiger partial charge >= 0.3 is 0 Å². The van der Waals surface area contributed by atoms with E-state index < -0.39 is 6.23 Å². The molecule has 1 saturated heterocycles. The average molecular weight is 626 g/mol. The molecule has 2 aliphatic heterocycles. The molecule has 0 bridgehead atoms. The molecule has 0 saturated carbocycles. The second kappa shape index (κ2) is 14.6. The number of ether oxygens (including phenoxy) is 2. The van der Waals surface area contributed by atoms with Crippen LogP contribution in [0.25, 0.3) is 0 Å². The van der Waals surface area contributed by atoms with E-state index >= 15 is 0 Å². The Kier molecular flexibility index (Phi) is 10.6. The highest BCUT2D eigenvalue weighted by Gasteiger charge is 2.33. The molecular weight excluding hydrogens is 587 g/mol. The first-order valence-corrected chi connectivity index (χ1v) is 15.5. The van der Waals surface area contributed by atoms with E-state index in [1.54, 1.807) is 53.4 Å². The normalized spacial score (nSPS) is 18.0. The van der Waals surface area contributed by atoms with Crippen LogP contribution in [-0.2, 0) is 11.2 Å². The fraction of sp³-hybridized carbons (Fsp3) is 0.394. The van der Waals surface area contributed by atoms with E-state index in [1.165, 1.54) is 7.11 Å². The molecule has 1 atom stereocenters. The van der Waals surface area contributed by atoms with E-state index in [-0.39, 0.29) is 11.8 Å². The van der Waals surface area contributed by atoms with Crippen molar-refractivity contribution in [2.75, 3.05) is 63.7 Å². The van der Waals surface area contributed by atoms with Crippen LogP contribution >= 0.6 is 23.2 Å². The summed E-state index contributed by atoms with van der Waals surface area (Å²) in [5.41, 5.74) is 2.99. The SMILES string of the molecule is COc1cc(NC(=O)c2ccccc2Cl)ccc1C(=O)N1c2ccc(Cl)cc2CCCC1OCCN1CCCN(C)CC1. The Morgan fingerprint density at radius 2 is 1.79 bits per heavy atom. The number of aryl methyl sites for hydroxylation is 1. The fourth-order valence-corrected chi connectivity index (χ4v) is 6.12. The topological polar surface area (TPSA) is 74.3 Å². The zero-order valence-corrected chi connectivity index (χ0v) is 26.2. The zero-order chi connectivity index (χ0) is 30.3. The van der Waals surface area contributed by atoms with Crippen LogP contribution in [0, 0.1) is 0 Å². The summed E-state index contributed by atoms with van der Waals surface area (Å²) >= 11 is 12.6. The van der Waals surface area contributed by atoms with Gasteiger partial charge in [-0.25, -0.2) is 0 Å². The molecule has 2 amide bonds. The maximum atomic E-state index is 14.3. The van der Waals surface area contributed by atoms with Crippen molar-refractivity contribution in [1.29, 1.82) is 0 Å². The molecule has 2 aliphatic rings. The number of hydrogen-bond acceptors (Lipinski definition) is 6. The van der Waals surface area contributed by atoms with Crippen molar-refractivity contribution >= 4 is 46.4 Å². The maximum absolute atomic E-state index is 14.3. The molecule has 2 heterocycles. The number of nitrogens with one attached hydrogen (secondary N) is 1. The Balaban J connectivity index is 1.38. The van der Waals surface area contributed by atoms with Gasteiger partial charge in [-0.15, -0.1) is 0 Å². The first-order valence-electron chi connectivity index (χ1n) is 14.7. The van der Waals surface area contributed by atoms with Crippen LogP contribution in [-0.4, -0.2) is 81.3 Å². The van der Waals surface area contributed by atoms with Gasteiger partial charge in [-0.3, -0.25) is 19.4 Å². The molecule has 43 heavy (non-hydrogen) atoms. The molecule has 0 aromatic heterocycles. The van der Waals surface area contributed by atoms with Gasteiger partial charge in [0.1, 0.15) is 12.0 Å². The van der Waals surface area contributed by atoms with Crippen molar-refractivity contribution in [3.8, 4) is 5.75 Å². The number of carbonyl (C=O) groups excluding carboxylic acids is 2. The highest BCUT2D eigenvalue weighted by molar-refractivity contribution is 6.34. The summed E-state index contributed by atoms with van der Waals surface area (Å²) in [4.78, 5) is 33.7. The lowest BCUT2D eigenvalue weighted by atomic mass is 10.1. The van der Waals surface area contributed by atoms with Crippen molar-refractivity contribution < 1.29 is 19.1 Å². The Hall–Kier alpha value is -3.14. The lowest BCUT2D eigenvalue weighted by molar-refractivity contribution is 0.0295. The van der Waals surface area contributed by atoms with Crippen molar-refractivity contribution in [3.05, 3.63) is 87.4 Å². The minimum atomic E-state index is -0.450. The Bertz CT molecular complexity index is 1450. The summed E-state index contributed by atoms with van der Waals surface area (Å²) in [5, 5.41) is 3.84. The summed E-state index contributed by atoms with van der Waals surface area (Å²) in [6.45, 7) is 5.51. The third kappa shape index (κ3) is 7.69. The van der Waals surface area contributed by atoms with Gasteiger partial charge in [0, 0.05) is 42.1 Å². The van der Waals surface area contributed by atoms with Crippen LogP contribution in [0.1, 0.15) is 45.5 Å². The van der Waals surface area contributed by atoms with Gasteiger partial charge < -0.3 is 19.7 Å². The van der Waals surface area contributed by atoms with Crippen molar-refractivity contribution in [2.24, 2.45) is 0 Å². The van der Waals surface area contributed by atoms with E-state index in [4.69, 9.17) is 32.7 Å². The molecule has 1 unspecified atom stereocenters. The van der Waals surface area contributed by atoms with Gasteiger partial charge in [-0.2, -0.15) is 0 Å². The molecule has 3 aromatic carbocycles. The first-order chi connectivity index (χ1) is 20.8. The smallest absolute Gasteiger partial charge is 0.264 e. The Morgan fingerprint density at radius 1 is 0.953 bits per heavy atom. The molecular formula is C33H38Cl2N4O4. The van der Waals surface area contributed by atoms with Crippen molar-refractivity contribution in [2.45, 2.75) is 31.9 Å². The van der Waals surface area contributed by atoms with Gasteiger partial charge in [0.25, 0.3) is 11.8 Å². The molecule has 228 valence electrons. The number of nitrogens with zero attached hydrogens (tertiary/aromatic N) is 3. The standard InChI is InChI=1S/C33H38Cl2N4O4/c1-37-15-6-16-38(18-17-37)19-20-43-31-10-5-7-23-21-24(34)11-14-29(23)39(31)33(41)27-13-12-25(22-30(27)42-2)36-32(40)26-8-3-4-9-28(26)35/h3-4,8-9,11-14,21-22,31H,5-7,10,15-20H2,1-2H3,(H,36,40). The summed E-state index contributed by atoms with van der Waals surface area (Å²) < 4.78 is 12.2. The average Bonchev–Trinajstić information content (AvgIpc) is 3.32. The largest absolute Gasteiger partial charge is 0.496 e. The van der Waals surface area contributed by atoms with Gasteiger partial charge in [0.15, 0.2) is 0 Å². The van der Waals surface area contributed by atoms with Gasteiger partial charge in [-0.05, 0) is 93.8 Å². The lowest BCUT2D eigenvalue weighted by Gasteiger charge is -2.32. The number of rotatable bonds is 8. The van der Waals surface area contributed by atoms with Gasteiger partial charge in [-0.1, -0.05) is 35.3 Å². The number of anilines is 2. The molecule has 8 nitrogen and oxygen atoms in total. The number of amides is 2. The van der Waals surface area contributed by atoms with Crippen LogP contribution < -0.4 is 15.0 Å². The number of likely N-dealkylation sites (N-methyl/N-ethyl adjacent to an activating group) is 1. The Labute approximate surface area is 263 Å². The van der Waals surface area contributed by atoms with Crippen LogP contribution in [0.2, 0.25) is 10.0 Å². The molecule has 10 heteroatoms. The quantitative estimate of drug-likeness (QED) is 0.321. The molecule has 0 radical (unpaired) electrons. The zero-order valence-electron chi connectivity index (χ0n) is 24.7. The van der Waals surface area contributed by atoms with Gasteiger partial charge in [0.2, 0.25) is 0 Å². The van der Waals surface area contributed by atoms with E-state index in [0.717, 1.165) is 63.2 Å². The number of hydrogen-bond donors (Lipinski definition) is 1. The number of benzene rings is 3. The summed E-state index contributed by atoms with van der Waals surface area (Å²) in [6.07, 6.45) is 3.03. The number of methoxy groups -OCH3 is 1. The second-order valence-electron chi connectivity index (χ2n) is 11.0. The van der Waals surface area contributed by atoms with E-state index in [9.17, 15) is 9.59 Å². The van der Waals surface area contributed by atoms with Crippen LogP contribution in [0.15, 0.2) is 60.7 Å². The molecule has 0 aliphatic carbocycles. The van der Waals surface area contributed by atoms with Crippen LogP contribution in [0.5, 0.6) is 5.75 Å². The minimum absolute atomic E-state index is 0.243. The van der Waals surface area contributed by atoms with E-state index in [2.05, 4.69) is 22.2 Å². The molecule has 3 aromatic rings. The molecule has 1 N–H and O–H groups in total. The highest BCUT2D eigenvalue weighted by atomic mass is 35.5.